The van der Waals surface area contributed by atoms with Gasteiger partial charge in [-0.05, 0) is 123 Å². The molecule has 0 radical (unpaired) electrons. The molecule has 792 valence electrons. The van der Waals surface area contributed by atoms with Gasteiger partial charge in [0.25, 0.3) is 0 Å². The van der Waals surface area contributed by atoms with Crippen molar-refractivity contribution in [3.8, 4) is 0 Å². The first-order valence-electron chi connectivity index (χ1n) is 48.4. The van der Waals surface area contributed by atoms with E-state index < -0.39 is 378 Å². The van der Waals surface area contributed by atoms with Gasteiger partial charge in [0.1, 0.15) is 158 Å². The van der Waals surface area contributed by atoms with Crippen molar-refractivity contribution in [1.82, 2.24) is 0 Å². The molecule has 4 saturated carbocycles. The molecule has 23 N–H and O–H groups in total. The second-order valence-electron chi connectivity index (χ2n) is 42.5. The summed E-state index contributed by atoms with van der Waals surface area (Å²) < 4.78 is 108. The fourth-order valence-electron chi connectivity index (χ4n) is 24.1. The van der Waals surface area contributed by atoms with E-state index in [0.29, 0.717) is 51.4 Å². The van der Waals surface area contributed by atoms with Crippen LogP contribution in [0.4, 0.5) is 0 Å². The Bertz CT molecular complexity index is 4080. The Kier molecular flexibility index (Phi) is 35.8. The number of carbonyl (C=O) groups excluding carboxylic acids is 4. The summed E-state index contributed by atoms with van der Waals surface area (Å²) in [7, 11) is 0. The third kappa shape index (κ3) is 21.6. The van der Waals surface area contributed by atoms with E-state index in [1.165, 1.54) is 13.8 Å². The highest BCUT2D eigenvalue weighted by molar-refractivity contribution is 5.80. The highest BCUT2D eigenvalue weighted by Crippen LogP contribution is 2.76. The van der Waals surface area contributed by atoms with Crippen LogP contribution in [-0.2, 0) is 109 Å². The molecular formula is C92H148O46. The van der Waals surface area contributed by atoms with E-state index in [0.717, 1.165) is 11.9 Å². The molecule has 12 fully saturated rings. The Morgan fingerprint density at radius 3 is 1.58 bits per heavy atom. The number of carboxylic acids is 1. The number of ether oxygens (including phenoxy) is 18. The second-order valence-corrected chi connectivity index (χ2v) is 42.5. The fraction of sp³-hybridized carbons (Fsp3) is 0.924. The molecule has 13 aliphatic rings. The van der Waals surface area contributed by atoms with Crippen LogP contribution in [0.5, 0.6) is 0 Å². The first-order chi connectivity index (χ1) is 64.8. The number of hydrogen-bond donors (Lipinski definition) is 23. The number of allylic oxidation sites excluding steroid dienone is 2. The Morgan fingerprint density at radius 1 is 0.471 bits per heavy atom. The highest BCUT2D eigenvalue weighted by Gasteiger charge is 2.74. The van der Waals surface area contributed by atoms with Gasteiger partial charge in [-0.2, -0.15) is 0 Å². The minimum Gasteiger partial charge on any atom is -0.479 e. The Labute approximate surface area is 797 Å². The van der Waals surface area contributed by atoms with E-state index >= 15 is 4.79 Å². The van der Waals surface area contributed by atoms with Crippen molar-refractivity contribution < 1.29 is 227 Å². The molecule has 0 spiro atoms. The number of hydrogen-bond acceptors (Lipinski definition) is 45. The van der Waals surface area contributed by atoms with E-state index in [1.54, 1.807) is 27.7 Å². The van der Waals surface area contributed by atoms with Gasteiger partial charge in [0.2, 0.25) is 6.29 Å². The third-order valence-electron chi connectivity index (χ3n) is 33.2. The third-order valence-corrected chi connectivity index (χ3v) is 33.2. The lowest BCUT2D eigenvalue weighted by Crippen LogP contribution is -2.69. The molecule has 0 amide bonds. The lowest BCUT2D eigenvalue weighted by Gasteiger charge is -2.71. The van der Waals surface area contributed by atoms with Crippen molar-refractivity contribution >= 4 is 30.2 Å². The molecule has 8 aliphatic heterocycles. The van der Waals surface area contributed by atoms with Gasteiger partial charge >= 0.3 is 23.9 Å². The summed E-state index contributed by atoms with van der Waals surface area (Å²) in [6, 6.07) is 0. The monoisotopic (exact) mass is 1990 g/mol. The van der Waals surface area contributed by atoms with Gasteiger partial charge in [0.15, 0.2) is 62.3 Å². The van der Waals surface area contributed by atoms with Gasteiger partial charge in [-0.1, -0.05) is 93.7 Å². The topological polar surface area (TPSA) is 717 Å². The Hall–Kier alpha value is -4.19. The molecule has 0 aromatic heterocycles. The number of fused-ring (bicyclic) bond motifs is 7. The zero-order chi connectivity index (χ0) is 101. The van der Waals surface area contributed by atoms with Crippen LogP contribution in [0.25, 0.3) is 0 Å². The highest BCUT2D eigenvalue weighted by atomic mass is 16.8. The molecule has 8 saturated heterocycles. The average molecular weight is 1990 g/mol. The van der Waals surface area contributed by atoms with Crippen molar-refractivity contribution in [2.24, 2.45) is 62.1 Å². The van der Waals surface area contributed by atoms with Crippen molar-refractivity contribution in [1.29, 1.82) is 0 Å². The number of carbonyl (C=O) groups is 5. The maximum atomic E-state index is 16.4. The quantitative estimate of drug-likeness (QED) is 0.00939. The van der Waals surface area contributed by atoms with Crippen LogP contribution in [0.3, 0.4) is 0 Å². The van der Waals surface area contributed by atoms with Gasteiger partial charge in [-0.25, -0.2) is 4.79 Å². The van der Waals surface area contributed by atoms with E-state index in [-0.39, 0.29) is 43.9 Å². The first-order valence-corrected chi connectivity index (χ1v) is 48.4. The molecule has 46 heteroatoms. The van der Waals surface area contributed by atoms with Crippen molar-refractivity contribution in [2.75, 3.05) is 33.0 Å². The minimum atomic E-state index is -2.27. The minimum absolute atomic E-state index is 0.0129. The predicted octanol–water partition coefficient (Wildman–Crippen LogP) is -5.69. The van der Waals surface area contributed by atoms with Gasteiger partial charge in [-0.15, -0.1) is 0 Å². The molecule has 23 unspecified atom stereocenters. The number of aldehydes is 1. The van der Waals surface area contributed by atoms with E-state index in [1.807, 2.05) is 20.8 Å². The van der Waals surface area contributed by atoms with Gasteiger partial charge in [-0.3, -0.25) is 14.4 Å². The molecule has 5 aliphatic carbocycles. The number of aliphatic hydroxyl groups is 22. The lowest BCUT2D eigenvalue weighted by molar-refractivity contribution is -0.391. The van der Waals surface area contributed by atoms with Crippen LogP contribution < -0.4 is 0 Å². The smallest absolute Gasteiger partial charge is 0.335 e. The van der Waals surface area contributed by atoms with Crippen LogP contribution in [0.1, 0.15) is 179 Å². The summed E-state index contributed by atoms with van der Waals surface area (Å²) in [4.78, 5) is 72.1. The number of aliphatic carboxylic acids is 1. The van der Waals surface area contributed by atoms with Crippen molar-refractivity contribution in [2.45, 2.75) is 437 Å². The number of carboxylic acid groups (broad SMARTS) is 1. The molecular weight excluding hydrogens is 1840 g/mol. The Morgan fingerprint density at radius 2 is 0.978 bits per heavy atom. The van der Waals surface area contributed by atoms with Gasteiger partial charge < -0.3 is 208 Å². The zero-order valence-electron chi connectivity index (χ0n) is 79.6. The first kappa shape index (κ1) is 111. The second kappa shape index (κ2) is 44.5. The summed E-state index contributed by atoms with van der Waals surface area (Å²) in [6.07, 6.45) is -69.7. The molecule has 46 nitrogen and oxygen atoms in total. The molecule has 138 heavy (non-hydrogen) atoms. The Balaban J connectivity index is 0.748. The summed E-state index contributed by atoms with van der Waals surface area (Å²) in [5.74, 6) is -7.25. The van der Waals surface area contributed by atoms with Crippen LogP contribution >= 0.6 is 0 Å². The number of aliphatic hydroxyl groups excluding tert-OH is 22. The van der Waals surface area contributed by atoms with E-state index in [9.17, 15) is 137 Å². The van der Waals surface area contributed by atoms with Gasteiger partial charge in [0.05, 0.1) is 94.0 Å². The van der Waals surface area contributed by atoms with E-state index in [4.69, 9.17) is 85.3 Å². The maximum absolute atomic E-state index is 16.4. The summed E-state index contributed by atoms with van der Waals surface area (Å²) in [5, 5.41) is 256. The largest absolute Gasteiger partial charge is 0.479 e. The fourth-order valence-corrected chi connectivity index (χ4v) is 24.1. The van der Waals surface area contributed by atoms with E-state index in [2.05, 4.69) is 26.8 Å². The normalized spacial score (nSPS) is 48.8. The molecule has 8 heterocycles. The number of esters is 3. The summed E-state index contributed by atoms with van der Waals surface area (Å²) >= 11 is 0. The average Bonchev–Trinajstić information content (AvgIpc) is 0.703. The molecule has 13 rings (SSSR count). The lowest BCUT2D eigenvalue weighted by atomic mass is 9.33. The summed E-state index contributed by atoms with van der Waals surface area (Å²) in [5.41, 5.74) is -5.53. The molecule has 0 bridgehead atoms. The van der Waals surface area contributed by atoms with Crippen LogP contribution in [-0.4, -0.2) is 439 Å². The van der Waals surface area contributed by atoms with Crippen LogP contribution in [0.15, 0.2) is 11.6 Å². The van der Waals surface area contributed by atoms with Crippen molar-refractivity contribution in [3.63, 3.8) is 0 Å². The van der Waals surface area contributed by atoms with Crippen LogP contribution in [0.2, 0.25) is 0 Å². The predicted molar refractivity (Wildman–Crippen MR) is 458 cm³/mol. The van der Waals surface area contributed by atoms with Gasteiger partial charge in [0, 0.05) is 12.8 Å². The maximum Gasteiger partial charge on any atom is 0.335 e. The van der Waals surface area contributed by atoms with Crippen LogP contribution in [0, 0.1) is 62.1 Å². The summed E-state index contributed by atoms with van der Waals surface area (Å²) in [6.45, 7) is 18.6. The number of rotatable bonds is 34. The molecule has 0 aromatic carbocycles. The SMILES string of the molecule is CC[C@H](C)[C@H](C[C@H](O)CC(=O)O[C@@H]1C(C)O[C@@H](OC(=O)[C@]23CCC(C)(C)CC2C2=CCC4[C@@]5(C)CC[C@H](O[C@@H]6OC(C(=O)O)[C@H](O)C(O[C@@H]7OC[C@@H](O)C(O)C7O)C6O[C@@H]6OC(CO)[C@H](O)C(O)C6O)[C@@](C)(C=O)C5CC[C@@]4(C)[C@]2(C)C[C@H]3O)C(O[C@@H]2OC(C)[C@H](O[C@H]3OCC(O)[C@H](O[C@H]4OCC(O)[C@H](O)C4O)C3O)C(O)C2O)C1O)OC(=O)C[C@@H](O)C[C@H](O[C@@H]1O[C@@H](CO)C(O)C1O)[C@@H](C)CC. The zero-order valence-corrected chi connectivity index (χ0v) is 79.6. The van der Waals surface area contributed by atoms with Crippen molar-refractivity contribution in [3.05, 3.63) is 11.6 Å². The molecule has 0 aromatic rings. The molecule has 52 atom stereocenters. The standard InChI is InChI=1S/C92H148O46/c1-13-35(3)46(126-54(102)25-40(97)24-47(36(4)14-2)127-82-64(112)59(107)49(30-94)128-82)23-39(96)26-55(103)131-71-38(6)125-84(75(67(71)115)136-81-66(114)61(109)70(37(5)124-81)132-80-69(117)72(45(100)33-123-80)133-78-62(110)56(104)43(98)31-121-78)138-86(120)92-22-21-87(7,8)27-42(92)41-15-16-51-88(9)19-18-53(89(10,34-95)50(88)17-20-90(51,11)91(41,12)28-52(92)101)130-85-76(137-83-65(113)60(108)58(106)48(29-93)129-83)73(68(116)74(135-85)77(118)119)134-79-63(111)57(105)44(99)32-122-79/h15,34-40,42-53,56-76,78-85,93-94,96-101,104-117H,13-14,16-33H2,1-12H3,(H,118,119)/t35-,36-,37?,38?,39-,40-,42?,43?,44+,45?,46-,47-,48?,49-,50?,51?,52+,53-,56-,57?,58-,59?,60?,61?,62?,63?,64?,65?,66?,67?,68+,69?,70-,71+,72-,73?,74?,75?,76?,78+,79-,80+,81-,82+,83-,84-,85+,88-,89-,90+,91+,92+/m0/s1.